The molecule has 0 aromatic carbocycles. The molecule has 1 rings (SSSR count). The summed E-state index contributed by atoms with van der Waals surface area (Å²) in [5.41, 5.74) is 5.06. The van der Waals surface area contributed by atoms with Gasteiger partial charge in [-0.25, -0.2) is 13.2 Å². The van der Waals surface area contributed by atoms with Gasteiger partial charge >= 0.3 is 0 Å². The lowest BCUT2D eigenvalue weighted by Crippen LogP contribution is -2.26. The highest BCUT2D eigenvalue weighted by Gasteiger charge is 2.26. The number of nitrogens with two attached hydrogens (primary N) is 1. The molecular weight excluding hydrogens is 155 g/mol. The van der Waals surface area contributed by atoms with Crippen LogP contribution in [0.5, 0.6) is 0 Å². The van der Waals surface area contributed by atoms with Crippen LogP contribution in [0.1, 0.15) is 0 Å². The van der Waals surface area contributed by atoms with Crippen molar-refractivity contribution >= 4 is 0 Å². The van der Waals surface area contributed by atoms with E-state index in [1.54, 1.807) is 0 Å². The molecule has 62 valence electrons. The maximum Gasteiger partial charge on any atom is 0.132 e. The van der Waals surface area contributed by atoms with Crippen molar-refractivity contribution in [3.05, 3.63) is 23.8 Å². The van der Waals surface area contributed by atoms with Crippen LogP contribution in [0.15, 0.2) is 23.8 Å². The molecule has 0 aromatic rings. The SMILES string of the molecule is NCC1C(F)=CC(F)=CC1F. The molecule has 0 heterocycles. The first-order valence-electron chi connectivity index (χ1n) is 3.23. The maximum absolute atomic E-state index is 12.7. The van der Waals surface area contributed by atoms with Crippen molar-refractivity contribution in [2.75, 3.05) is 6.54 Å². The van der Waals surface area contributed by atoms with Gasteiger partial charge < -0.3 is 5.73 Å². The van der Waals surface area contributed by atoms with Crippen LogP contribution in [0.2, 0.25) is 0 Å². The molecule has 0 aliphatic heterocycles. The summed E-state index contributed by atoms with van der Waals surface area (Å²) in [6, 6.07) is 0. The third kappa shape index (κ3) is 1.63. The Balaban J connectivity index is 2.82. The number of rotatable bonds is 1. The minimum absolute atomic E-state index is 0.146. The largest absolute Gasteiger partial charge is 0.330 e. The predicted molar refractivity (Wildman–Crippen MR) is 35.8 cm³/mol. The molecule has 2 unspecified atom stereocenters. The van der Waals surface area contributed by atoms with Crippen molar-refractivity contribution in [2.24, 2.45) is 11.7 Å². The van der Waals surface area contributed by atoms with Gasteiger partial charge in [0.15, 0.2) is 0 Å². The highest BCUT2D eigenvalue weighted by atomic mass is 19.2. The van der Waals surface area contributed by atoms with Gasteiger partial charge in [-0.05, 0) is 6.08 Å². The van der Waals surface area contributed by atoms with Crippen molar-refractivity contribution in [3.63, 3.8) is 0 Å². The zero-order valence-electron chi connectivity index (χ0n) is 5.73. The summed E-state index contributed by atoms with van der Waals surface area (Å²) < 4.78 is 37.5. The molecule has 0 bridgehead atoms. The first-order chi connectivity index (χ1) is 5.15. The average Bonchev–Trinajstić information content (AvgIpc) is 1.85. The lowest BCUT2D eigenvalue weighted by Gasteiger charge is -2.17. The number of alkyl halides is 1. The van der Waals surface area contributed by atoms with E-state index >= 15 is 0 Å². The Morgan fingerprint density at radius 3 is 2.55 bits per heavy atom. The second-order valence-electron chi connectivity index (χ2n) is 2.37. The monoisotopic (exact) mass is 163 g/mol. The minimum atomic E-state index is -1.63. The quantitative estimate of drug-likeness (QED) is 0.624. The summed E-state index contributed by atoms with van der Waals surface area (Å²) in [5, 5.41) is 0. The summed E-state index contributed by atoms with van der Waals surface area (Å²) in [6.45, 7) is -0.146. The molecule has 11 heavy (non-hydrogen) atoms. The van der Waals surface area contributed by atoms with E-state index in [-0.39, 0.29) is 6.54 Å². The summed E-state index contributed by atoms with van der Waals surface area (Å²) in [4.78, 5) is 0. The molecular formula is C7H8F3N. The summed E-state index contributed by atoms with van der Waals surface area (Å²) in [7, 11) is 0. The van der Waals surface area contributed by atoms with Gasteiger partial charge in [-0.2, -0.15) is 0 Å². The van der Waals surface area contributed by atoms with Crippen LogP contribution in [0.3, 0.4) is 0 Å². The second-order valence-corrected chi connectivity index (χ2v) is 2.37. The predicted octanol–water partition coefficient (Wildman–Crippen LogP) is 1.62. The van der Waals surface area contributed by atoms with Crippen molar-refractivity contribution in [1.29, 1.82) is 0 Å². The van der Waals surface area contributed by atoms with E-state index in [0.29, 0.717) is 6.08 Å². The Bertz CT molecular complexity index is 210. The van der Waals surface area contributed by atoms with Gasteiger partial charge in [-0.15, -0.1) is 0 Å². The van der Waals surface area contributed by atoms with Crippen LogP contribution in [-0.2, 0) is 0 Å². The number of halogens is 3. The van der Waals surface area contributed by atoms with E-state index in [2.05, 4.69) is 0 Å². The molecule has 0 radical (unpaired) electrons. The maximum atomic E-state index is 12.7. The van der Waals surface area contributed by atoms with Crippen LogP contribution in [0.25, 0.3) is 0 Å². The Hall–Kier alpha value is -0.770. The fourth-order valence-electron chi connectivity index (χ4n) is 0.950. The molecule has 1 nitrogen and oxygen atoms in total. The molecule has 0 saturated heterocycles. The van der Waals surface area contributed by atoms with Gasteiger partial charge in [0, 0.05) is 12.6 Å². The fourth-order valence-corrected chi connectivity index (χ4v) is 0.950. The Labute approximate surface area is 62.4 Å². The van der Waals surface area contributed by atoms with Crippen LogP contribution >= 0.6 is 0 Å². The molecule has 2 N–H and O–H groups in total. The smallest absolute Gasteiger partial charge is 0.132 e. The van der Waals surface area contributed by atoms with Gasteiger partial charge in [0.1, 0.15) is 17.8 Å². The standard InChI is InChI=1S/C7H8F3N/c8-4-1-6(9)5(3-11)7(10)2-4/h1-2,5-6H,3,11H2. The summed E-state index contributed by atoms with van der Waals surface area (Å²) in [6.07, 6.45) is -0.251. The number of allylic oxidation sites excluding steroid dienone is 3. The third-order valence-corrected chi connectivity index (χ3v) is 1.59. The van der Waals surface area contributed by atoms with Gasteiger partial charge in [-0.3, -0.25) is 0 Å². The lowest BCUT2D eigenvalue weighted by atomic mass is 9.97. The molecule has 4 heteroatoms. The minimum Gasteiger partial charge on any atom is -0.330 e. The molecule has 1 aliphatic carbocycles. The topological polar surface area (TPSA) is 26.0 Å². The number of hydrogen-bond donors (Lipinski definition) is 1. The molecule has 0 aromatic heterocycles. The Morgan fingerprint density at radius 2 is 2.09 bits per heavy atom. The van der Waals surface area contributed by atoms with Crippen LogP contribution < -0.4 is 5.73 Å². The average molecular weight is 163 g/mol. The lowest BCUT2D eigenvalue weighted by molar-refractivity contribution is 0.273. The van der Waals surface area contributed by atoms with E-state index in [1.165, 1.54) is 0 Å². The van der Waals surface area contributed by atoms with Crippen molar-refractivity contribution in [2.45, 2.75) is 6.17 Å². The Kier molecular flexibility index (Phi) is 2.34. The van der Waals surface area contributed by atoms with E-state index < -0.39 is 23.7 Å². The molecule has 0 amide bonds. The summed E-state index contributed by atoms with van der Waals surface area (Å²) >= 11 is 0. The highest BCUT2D eigenvalue weighted by molar-refractivity contribution is 5.24. The molecule has 1 aliphatic rings. The van der Waals surface area contributed by atoms with E-state index in [0.717, 1.165) is 6.08 Å². The first-order valence-corrected chi connectivity index (χ1v) is 3.23. The zero-order chi connectivity index (χ0) is 8.43. The van der Waals surface area contributed by atoms with E-state index in [1.807, 2.05) is 0 Å². The van der Waals surface area contributed by atoms with Crippen LogP contribution in [0.4, 0.5) is 13.2 Å². The van der Waals surface area contributed by atoms with Gasteiger partial charge in [0.25, 0.3) is 0 Å². The van der Waals surface area contributed by atoms with Gasteiger partial charge in [-0.1, -0.05) is 0 Å². The summed E-state index contributed by atoms with van der Waals surface area (Å²) in [5.74, 6) is -2.70. The fraction of sp³-hybridized carbons (Fsp3) is 0.429. The first kappa shape index (κ1) is 8.33. The van der Waals surface area contributed by atoms with Crippen LogP contribution in [0, 0.1) is 5.92 Å². The number of hydrogen-bond acceptors (Lipinski definition) is 1. The molecule has 0 fully saturated rings. The molecule has 2 atom stereocenters. The Morgan fingerprint density at radius 1 is 1.45 bits per heavy atom. The van der Waals surface area contributed by atoms with E-state index in [4.69, 9.17) is 5.73 Å². The van der Waals surface area contributed by atoms with Crippen molar-refractivity contribution in [3.8, 4) is 0 Å². The van der Waals surface area contributed by atoms with Gasteiger partial charge in [0.05, 0.1) is 5.92 Å². The second kappa shape index (κ2) is 3.09. The van der Waals surface area contributed by atoms with Crippen LogP contribution in [-0.4, -0.2) is 12.7 Å². The van der Waals surface area contributed by atoms with Crippen molar-refractivity contribution < 1.29 is 13.2 Å². The molecule has 0 saturated carbocycles. The molecule has 0 spiro atoms. The third-order valence-electron chi connectivity index (χ3n) is 1.59. The van der Waals surface area contributed by atoms with Crippen molar-refractivity contribution in [1.82, 2.24) is 0 Å². The normalized spacial score (nSPS) is 31.3. The highest BCUT2D eigenvalue weighted by Crippen LogP contribution is 2.27. The zero-order valence-corrected chi connectivity index (χ0v) is 5.73. The van der Waals surface area contributed by atoms with E-state index in [9.17, 15) is 13.2 Å². The van der Waals surface area contributed by atoms with Gasteiger partial charge in [0.2, 0.25) is 0 Å².